The highest BCUT2D eigenvalue weighted by Gasteiger charge is 1.99. The summed E-state index contributed by atoms with van der Waals surface area (Å²) < 4.78 is 0. The zero-order valence-corrected chi connectivity index (χ0v) is 10.1. The first kappa shape index (κ1) is 12.6. The standard InChI is InChI=1S/C14H20N2/c1-4-13(2)15-11-8-12-16(3)14-9-6-5-7-10-14/h1,5-7,9-10,13,15H,8,11-12H2,2-3H3. The van der Waals surface area contributed by atoms with Crippen LogP contribution < -0.4 is 10.2 Å². The van der Waals surface area contributed by atoms with Crippen LogP contribution in [0.5, 0.6) is 0 Å². The van der Waals surface area contributed by atoms with E-state index in [9.17, 15) is 0 Å². The Balaban J connectivity index is 2.21. The molecule has 1 aromatic carbocycles. The molecule has 0 spiro atoms. The lowest BCUT2D eigenvalue weighted by Crippen LogP contribution is -2.28. The lowest BCUT2D eigenvalue weighted by atomic mass is 10.2. The molecule has 16 heavy (non-hydrogen) atoms. The fourth-order valence-electron chi connectivity index (χ4n) is 1.51. The van der Waals surface area contributed by atoms with Gasteiger partial charge in [-0.05, 0) is 32.0 Å². The highest BCUT2D eigenvalue weighted by Crippen LogP contribution is 2.10. The van der Waals surface area contributed by atoms with E-state index in [0.717, 1.165) is 19.5 Å². The number of para-hydroxylation sites is 1. The number of hydrogen-bond acceptors (Lipinski definition) is 2. The second kappa shape index (κ2) is 6.92. The van der Waals surface area contributed by atoms with Gasteiger partial charge in [-0.3, -0.25) is 0 Å². The Labute approximate surface area is 98.7 Å². The van der Waals surface area contributed by atoms with Gasteiger partial charge in [0.25, 0.3) is 0 Å². The molecule has 86 valence electrons. The van der Waals surface area contributed by atoms with Crippen LogP contribution in [0.1, 0.15) is 13.3 Å². The lowest BCUT2D eigenvalue weighted by Gasteiger charge is -2.19. The van der Waals surface area contributed by atoms with Crippen molar-refractivity contribution in [3.8, 4) is 12.3 Å². The number of nitrogens with zero attached hydrogens (tertiary/aromatic N) is 1. The number of hydrogen-bond donors (Lipinski definition) is 1. The van der Waals surface area contributed by atoms with E-state index < -0.39 is 0 Å². The summed E-state index contributed by atoms with van der Waals surface area (Å²) in [6.07, 6.45) is 6.38. The van der Waals surface area contributed by atoms with Gasteiger partial charge in [-0.1, -0.05) is 24.1 Å². The number of benzene rings is 1. The van der Waals surface area contributed by atoms with Gasteiger partial charge < -0.3 is 10.2 Å². The van der Waals surface area contributed by atoms with Gasteiger partial charge in [0.2, 0.25) is 0 Å². The molecule has 2 heteroatoms. The van der Waals surface area contributed by atoms with E-state index in [4.69, 9.17) is 6.42 Å². The average Bonchev–Trinajstić information content (AvgIpc) is 2.35. The smallest absolute Gasteiger partial charge is 0.0658 e. The van der Waals surface area contributed by atoms with Gasteiger partial charge in [-0.25, -0.2) is 0 Å². The molecule has 1 unspecified atom stereocenters. The molecule has 0 fully saturated rings. The molecule has 0 aliphatic carbocycles. The van der Waals surface area contributed by atoms with Crippen LogP contribution in [0.2, 0.25) is 0 Å². The van der Waals surface area contributed by atoms with E-state index in [-0.39, 0.29) is 6.04 Å². The fraction of sp³-hybridized carbons (Fsp3) is 0.429. The molecular formula is C14H20N2. The minimum Gasteiger partial charge on any atom is -0.375 e. The second-order valence-electron chi connectivity index (χ2n) is 3.95. The summed E-state index contributed by atoms with van der Waals surface area (Å²) in [5.41, 5.74) is 1.26. The minimum atomic E-state index is 0.169. The topological polar surface area (TPSA) is 15.3 Å². The number of anilines is 1. The SMILES string of the molecule is C#CC(C)NCCCN(C)c1ccccc1. The van der Waals surface area contributed by atoms with Crippen LogP contribution in [0, 0.1) is 12.3 Å². The van der Waals surface area contributed by atoms with Crippen molar-refractivity contribution in [1.82, 2.24) is 5.32 Å². The van der Waals surface area contributed by atoms with Gasteiger partial charge in [0.05, 0.1) is 6.04 Å². The van der Waals surface area contributed by atoms with Gasteiger partial charge in [0.15, 0.2) is 0 Å². The normalized spacial score (nSPS) is 11.8. The molecule has 0 aliphatic rings. The molecule has 0 heterocycles. The van der Waals surface area contributed by atoms with Gasteiger partial charge in [0.1, 0.15) is 0 Å². The van der Waals surface area contributed by atoms with Crippen LogP contribution in [0.4, 0.5) is 5.69 Å². The summed E-state index contributed by atoms with van der Waals surface area (Å²) in [5, 5.41) is 3.28. The maximum Gasteiger partial charge on any atom is 0.0658 e. The predicted molar refractivity (Wildman–Crippen MR) is 70.6 cm³/mol. The summed E-state index contributed by atoms with van der Waals surface area (Å²) >= 11 is 0. The van der Waals surface area contributed by atoms with Crippen LogP contribution in [0.15, 0.2) is 30.3 Å². The van der Waals surface area contributed by atoms with E-state index in [2.05, 4.69) is 47.5 Å². The maximum absolute atomic E-state index is 5.28. The first-order valence-electron chi connectivity index (χ1n) is 5.69. The summed E-state index contributed by atoms with van der Waals surface area (Å²) in [6, 6.07) is 10.6. The molecule has 1 aromatic rings. The van der Waals surface area contributed by atoms with Crippen molar-refractivity contribution in [1.29, 1.82) is 0 Å². The van der Waals surface area contributed by atoms with Crippen molar-refractivity contribution in [2.24, 2.45) is 0 Å². The quantitative estimate of drug-likeness (QED) is 0.579. The van der Waals surface area contributed by atoms with Crippen molar-refractivity contribution in [3.05, 3.63) is 30.3 Å². The first-order valence-corrected chi connectivity index (χ1v) is 5.69. The number of terminal acetylenes is 1. The van der Waals surface area contributed by atoms with E-state index >= 15 is 0 Å². The van der Waals surface area contributed by atoms with E-state index in [1.807, 2.05) is 13.0 Å². The Morgan fingerprint density at radius 3 is 2.69 bits per heavy atom. The van der Waals surface area contributed by atoms with E-state index in [0.29, 0.717) is 0 Å². The fourth-order valence-corrected chi connectivity index (χ4v) is 1.51. The van der Waals surface area contributed by atoms with E-state index in [1.54, 1.807) is 0 Å². The Bertz CT molecular complexity index is 326. The lowest BCUT2D eigenvalue weighted by molar-refractivity contribution is 0.615. The average molecular weight is 216 g/mol. The minimum absolute atomic E-state index is 0.169. The molecule has 2 nitrogen and oxygen atoms in total. The van der Waals surface area contributed by atoms with Crippen LogP contribution in [-0.2, 0) is 0 Å². The molecule has 0 saturated heterocycles. The van der Waals surface area contributed by atoms with Crippen LogP contribution in [0.25, 0.3) is 0 Å². The Kier molecular flexibility index (Phi) is 5.45. The highest BCUT2D eigenvalue weighted by atomic mass is 15.1. The predicted octanol–water partition coefficient (Wildman–Crippen LogP) is 2.12. The molecule has 0 saturated carbocycles. The third-order valence-corrected chi connectivity index (χ3v) is 2.57. The van der Waals surface area contributed by atoms with Crippen molar-refractivity contribution in [2.45, 2.75) is 19.4 Å². The van der Waals surface area contributed by atoms with Gasteiger partial charge >= 0.3 is 0 Å². The Morgan fingerprint density at radius 1 is 1.38 bits per heavy atom. The molecule has 0 aliphatic heterocycles. The molecule has 1 rings (SSSR count). The summed E-state index contributed by atoms with van der Waals surface area (Å²) in [6.45, 7) is 4.00. The molecule has 0 aromatic heterocycles. The summed E-state index contributed by atoms with van der Waals surface area (Å²) in [4.78, 5) is 2.25. The monoisotopic (exact) mass is 216 g/mol. The Morgan fingerprint density at radius 2 is 2.06 bits per heavy atom. The largest absolute Gasteiger partial charge is 0.375 e. The van der Waals surface area contributed by atoms with Crippen molar-refractivity contribution < 1.29 is 0 Å². The second-order valence-corrected chi connectivity index (χ2v) is 3.95. The van der Waals surface area contributed by atoms with Gasteiger partial charge in [-0.15, -0.1) is 6.42 Å². The van der Waals surface area contributed by atoms with Crippen molar-refractivity contribution >= 4 is 5.69 Å². The van der Waals surface area contributed by atoms with Gasteiger partial charge in [0, 0.05) is 19.3 Å². The maximum atomic E-state index is 5.28. The molecule has 1 atom stereocenters. The molecule has 0 bridgehead atoms. The molecular weight excluding hydrogens is 196 g/mol. The van der Waals surface area contributed by atoms with Crippen LogP contribution in [-0.4, -0.2) is 26.2 Å². The third-order valence-electron chi connectivity index (χ3n) is 2.57. The van der Waals surface area contributed by atoms with Crippen molar-refractivity contribution in [2.75, 3.05) is 25.0 Å². The molecule has 1 N–H and O–H groups in total. The summed E-state index contributed by atoms with van der Waals surface area (Å²) in [7, 11) is 2.11. The van der Waals surface area contributed by atoms with Crippen molar-refractivity contribution in [3.63, 3.8) is 0 Å². The zero-order valence-electron chi connectivity index (χ0n) is 10.1. The molecule has 0 amide bonds. The number of rotatable bonds is 6. The van der Waals surface area contributed by atoms with Crippen LogP contribution >= 0.6 is 0 Å². The summed E-state index contributed by atoms with van der Waals surface area (Å²) in [5.74, 6) is 2.66. The molecule has 0 radical (unpaired) electrons. The Hall–Kier alpha value is -1.46. The highest BCUT2D eigenvalue weighted by molar-refractivity contribution is 5.44. The van der Waals surface area contributed by atoms with E-state index in [1.165, 1.54) is 5.69 Å². The first-order chi connectivity index (χ1) is 7.74. The number of nitrogens with one attached hydrogen (secondary N) is 1. The van der Waals surface area contributed by atoms with Crippen LogP contribution in [0.3, 0.4) is 0 Å². The van der Waals surface area contributed by atoms with Gasteiger partial charge in [-0.2, -0.15) is 0 Å². The zero-order chi connectivity index (χ0) is 11.8. The third kappa shape index (κ3) is 4.37.